The average Bonchev–Trinajstić information content (AvgIpc) is 2.80. The molecule has 4 nitrogen and oxygen atoms in total. The number of hydrogen-bond donors (Lipinski definition) is 2. The van der Waals surface area contributed by atoms with Gasteiger partial charge in [0.05, 0.1) is 5.60 Å². The number of amides is 1. The molecule has 2 bridgehead atoms. The first-order valence-corrected chi connectivity index (χ1v) is 8.28. The van der Waals surface area contributed by atoms with Crippen LogP contribution in [0.15, 0.2) is 18.2 Å². The second-order valence-corrected chi connectivity index (χ2v) is 8.13. The molecular weight excluding hydrogens is 276 g/mol. The number of benzene rings is 1. The van der Waals surface area contributed by atoms with E-state index in [1.165, 1.54) is 11.1 Å². The zero-order valence-electron chi connectivity index (χ0n) is 12.9. The lowest BCUT2D eigenvalue weighted by atomic mass is 9.62. The summed E-state index contributed by atoms with van der Waals surface area (Å²) in [7, 11) is 2.14. The minimum Gasteiger partial charge on any atom is -0.387 e. The molecule has 1 aromatic rings. The molecule has 3 fully saturated rings. The van der Waals surface area contributed by atoms with Crippen LogP contribution in [0.4, 0.5) is 0 Å². The van der Waals surface area contributed by atoms with Crippen molar-refractivity contribution in [3.05, 3.63) is 34.9 Å². The van der Waals surface area contributed by atoms with Crippen molar-refractivity contribution < 1.29 is 9.90 Å². The molecule has 1 aromatic carbocycles. The van der Waals surface area contributed by atoms with Crippen LogP contribution >= 0.6 is 0 Å². The molecule has 4 atom stereocenters. The van der Waals surface area contributed by atoms with E-state index in [-0.39, 0.29) is 22.8 Å². The number of primary amides is 1. The second kappa shape index (κ2) is 3.57. The number of carbonyl (C=O) groups is 1. The van der Waals surface area contributed by atoms with Crippen molar-refractivity contribution in [3.63, 3.8) is 0 Å². The van der Waals surface area contributed by atoms with E-state index >= 15 is 0 Å². The number of likely N-dealkylation sites (N-methyl/N-ethyl adjacent to an activating group) is 1. The first-order valence-electron chi connectivity index (χ1n) is 8.28. The number of nitrogens with two attached hydrogens (primary N) is 1. The van der Waals surface area contributed by atoms with Crippen molar-refractivity contribution >= 4 is 5.91 Å². The normalized spacial score (nSPS) is 44.9. The maximum atomic E-state index is 11.7. The molecule has 3 aliphatic carbocycles. The summed E-state index contributed by atoms with van der Waals surface area (Å²) in [4.78, 5) is 13.9. The van der Waals surface area contributed by atoms with Crippen LogP contribution in [0.3, 0.4) is 0 Å². The maximum absolute atomic E-state index is 11.7. The SMILES string of the molecule is CN1CC23Cc4ccc(C(N)=O)cc4C4(CCCC4(O)C12)C3. The molecule has 4 aliphatic rings. The summed E-state index contributed by atoms with van der Waals surface area (Å²) >= 11 is 0. The molecule has 3 N–H and O–H groups in total. The van der Waals surface area contributed by atoms with Crippen molar-refractivity contribution in [1.82, 2.24) is 4.90 Å². The van der Waals surface area contributed by atoms with Crippen molar-refractivity contribution in [2.24, 2.45) is 11.1 Å². The first kappa shape index (κ1) is 13.1. The van der Waals surface area contributed by atoms with Gasteiger partial charge in [0.2, 0.25) is 5.91 Å². The average molecular weight is 298 g/mol. The Hall–Kier alpha value is -1.39. The molecule has 4 unspecified atom stereocenters. The van der Waals surface area contributed by atoms with Crippen molar-refractivity contribution in [1.29, 1.82) is 0 Å². The zero-order valence-corrected chi connectivity index (χ0v) is 12.9. The molecule has 4 heteroatoms. The number of likely N-dealkylation sites (tertiary alicyclic amines) is 1. The molecule has 1 heterocycles. The summed E-state index contributed by atoms with van der Waals surface area (Å²) in [5.41, 5.74) is 8.04. The lowest BCUT2D eigenvalue weighted by Crippen LogP contribution is -2.68. The topological polar surface area (TPSA) is 66.6 Å². The van der Waals surface area contributed by atoms with Gasteiger partial charge in [-0.15, -0.1) is 0 Å². The summed E-state index contributed by atoms with van der Waals surface area (Å²) in [5, 5.41) is 11.7. The van der Waals surface area contributed by atoms with Crippen LogP contribution in [0, 0.1) is 5.41 Å². The molecular formula is C18H22N2O2. The van der Waals surface area contributed by atoms with E-state index in [4.69, 9.17) is 5.73 Å². The van der Waals surface area contributed by atoms with Gasteiger partial charge >= 0.3 is 0 Å². The Labute approximate surface area is 130 Å². The zero-order chi connectivity index (χ0) is 15.3. The third kappa shape index (κ3) is 1.16. The summed E-state index contributed by atoms with van der Waals surface area (Å²) in [6, 6.07) is 6.18. The van der Waals surface area contributed by atoms with Crippen LogP contribution in [-0.4, -0.2) is 41.1 Å². The Morgan fingerprint density at radius 1 is 1.41 bits per heavy atom. The Balaban J connectivity index is 1.77. The number of fused-ring (bicyclic) bond motifs is 2. The smallest absolute Gasteiger partial charge is 0.248 e. The highest BCUT2D eigenvalue weighted by molar-refractivity contribution is 5.93. The minimum absolute atomic E-state index is 0.165. The van der Waals surface area contributed by atoms with Crippen LogP contribution in [-0.2, 0) is 11.8 Å². The molecule has 0 radical (unpaired) electrons. The summed E-state index contributed by atoms with van der Waals surface area (Å²) in [6.07, 6.45) is 5.08. The number of hydrogen-bond acceptors (Lipinski definition) is 3. The molecule has 1 saturated heterocycles. The van der Waals surface area contributed by atoms with E-state index in [0.717, 1.165) is 38.6 Å². The highest BCUT2D eigenvalue weighted by atomic mass is 16.3. The quantitative estimate of drug-likeness (QED) is 0.818. The molecule has 116 valence electrons. The van der Waals surface area contributed by atoms with Gasteiger partial charge in [-0.2, -0.15) is 0 Å². The fourth-order valence-electron chi connectivity index (χ4n) is 6.80. The molecule has 22 heavy (non-hydrogen) atoms. The van der Waals surface area contributed by atoms with E-state index < -0.39 is 5.60 Å². The van der Waals surface area contributed by atoms with E-state index in [2.05, 4.69) is 18.0 Å². The molecule has 5 rings (SSSR count). The van der Waals surface area contributed by atoms with Gasteiger partial charge < -0.3 is 10.8 Å². The van der Waals surface area contributed by atoms with Crippen LogP contribution in [0.1, 0.15) is 47.2 Å². The van der Waals surface area contributed by atoms with Gasteiger partial charge in [0.15, 0.2) is 0 Å². The van der Waals surface area contributed by atoms with Gasteiger partial charge in [0.25, 0.3) is 0 Å². The largest absolute Gasteiger partial charge is 0.387 e. The second-order valence-electron chi connectivity index (χ2n) is 8.13. The Kier molecular flexibility index (Phi) is 2.12. The molecule has 2 spiro atoms. The highest BCUT2D eigenvalue weighted by Gasteiger charge is 2.77. The van der Waals surface area contributed by atoms with E-state index in [1.54, 1.807) is 0 Å². The highest BCUT2D eigenvalue weighted by Crippen LogP contribution is 2.72. The third-order valence-electron chi connectivity index (χ3n) is 7.13. The lowest BCUT2D eigenvalue weighted by molar-refractivity contribution is -0.128. The molecule has 1 aliphatic heterocycles. The predicted molar refractivity (Wildman–Crippen MR) is 82.6 cm³/mol. The van der Waals surface area contributed by atoms with Gasteiger partial charge in [0, 0.05) is 29.0 Å². The number of rotatable bonds is 1. The number of aliphatic hydroxyl groups is 1. The number of nitrogens with zero attached hydrogens (tertiary/aromatic N) is 1. The molecule has 1 amide bonds. The maximum Gasteiger partial charge on any atom is 0.248 e. The fraction of sp³-hybridized carbons (Fsp3) is 0.611. The standard InChI is InChI=1S/C18H22N2O2/c1-20-10-16-8-12-4-3-11(14(19)21)7-13(12)17(9-16)5-2-6-18(17,22)15(16)20/h3-4,7,15,22H,2,5-6,8-10H2,1H3,(H2,19,21). The number of carbonyl (C=O) groups excluding carboxylic acids is 1. The summed E-state index contributed by atoms with van der Waals surface area (Å²) in [6.45, 7) is 1.08. The van der Waals surface area contributed by atoms with Crippen molar-refractivity contribution in [3.8, 4) is 0 Å². The van der Waals surface area contributed by atoms with Gasteiger partial charge in [-0.05, 0) is 62.4 Å². The monoisotopic (exact) mass is 298 g/mol. The Bertz CT molecular complexity index is 717. The van der Waals surface area contributed by atoms with Gasteiger partial charge in [0.1, 0.15) is 0 Å². The Morgan fingerprint density at radius 3 is 2.95 bits per heavy atom. The first-order chi connectivity index (χ1) is 10.4. The Morgan fingerprint density at radius 2 is 2.23 bits per heavy atom. The third-order valence-corrected chi connectivity index (χ3v) is 7.13. The van der Waals surface area contributed by atoms with Crippen LogP contribution in [0.5, 0.6) is 0 Å². The molecule has 2 saturated carbocycles. The van der Waals surface area contributed by atoms with Crippen LogP contribution in [0.25, 0.3) is 0 Å². The molecule has 0 aromatic heterocycles. The van der Waals surface area contributed by atoms with Crippen molar-refractivity contribution in [2.45, 2.75) is 49.2 Å². The van der Waals surface area contributed by atoms with Gasteiger partial charge in [-0.25, -0.2) is 0 Å². The van der Waals surface area contributed by atoms with E-state index in [1.807, 2.05) is 12.1 Å². The summed E-state index contributed by atoms with van der Waals surface area (Å²) < 4.78 is 0. The van der Waals surface area contributed by atoms with E-state index in [0.29, 0.717) is 5.56 Å². The lowest BCUT2D eigenvalue weighted by Gasteiger charge is -2.56. The van der Waals surface area contributed by atoms with Crippen LogP contribution < -0.4 is 5.73 Å². The fourth-order valence-corrected chi connectivity index (χ4v) is 6.80. The minimum atomic E-state index is -0.637. The predicted octanol–water partition coefficient (Wildman–Crippen LogP) is 1.20. The van der Waals surface area contributed by atoms with Gasteiger partial charge in [-0.1, -0.05) is 6.07 Å². The van der Waals surface area contributed by atoms with Crippen LogP contribution in [0.2, 0.25) is 0 Å². The summed E-state index contributed by atoms with van der Waals surface area (Å²) in [5.74, 6) is -0.376. The van der Waals surface area contributed by atoms with Gasteiger partial charge in [-0.3, -0.25) is 9.69 Å². The van der Waals surface area contributed by atoms with E-state index in [9.17, 15) is 9.90 Å². The van der Waals surface area contributed by atoms with Crippen molar-refractivity contribution in [2.75, 3.05) is 13.6 Å².